The number of hydrogen-bond acceptors (Lipinski definition) is 6. The maximum atomic E-state index is 15.1. The number of amidine groups is 1. The minimum absolute atomic E-state index is 0.0125. The zero-order chi connectivity index (χ0) is 30.2. The lowest BCUT2D eigenvalue weighted by atomic mass is 10.0. The summed E-state index contributed by atoms with van der Waals surface area (Å²) in [7, 11) is 0. The zero-order valence-electron chi connectivity index (χ0n) is 23.6. The van der Waals surface area contributed by atoms with Gasteiger partial charge in [0.05, 0.1) is 28.8 Å². The second kappa shape index (κ2) is 14.4. The third-order valence-corrected chi connectivity index (χ3v) is 7.38. The Morgan fingerprint density at radius 3 is 2.71 bits per heavy atom. The molecule has 0 unspecified atom stereocenters. The van der Waals surface area contributed by atoms with E-state index in [1.165, 1.54) is 4.57 Å². The van der Waals surface area contributed by atoms with Gasteiger partial charge in [-0.1, -0.05) is 29.8 Å². The molecule has 0 radical (unpaired) electrons. The van der Waals surface area contributed by atoms with Gasteiger partial charge in [0, 0.05) is 42.3 Å². The number of hydrogen-bond donors (Lipinski definition) is 6. The van der Waals surface area contributed by atoms with Crippen LogP contribution in [0.2, 0.25) is 5.02 Å². The summed E-state index contributed by atoms with van der Waals surface area (Å²) in [4.78, 5) is 20.2. The van der Waals surface area contributed by atoms with E-state index in [4.69, 9.17) is 22.7 Å². The van der Waals surface area contributed by atoms with Crippen molar-refractivity contribution in [3.05, 3.63) is 93.8 Å². The number of halogens is 2. The molecule has 7 N–H and O–H groups in total. The van der Waals surface area contributed by atoms with E-state index in [0.717, 1.165) is 24.0 Å². The van der Waals surface area contributed by atoms with Crippen molar-refractivity contribution in [2.24, 2.45) is 5.73 Å². The number of nitrogens with one attached hydrogen (secondary N) is 4. The first kappa shape index (κ1) is 31.1. The summed E-state index contributed by atoms with van der Waals surface area (Å²) in [6.45, 7) is 6.51. The van der Waals surface area contributed by atoms with E-state index in [9.17, 15) is 9.90 Å². The summed E-state index contributed by atoms with van der Waals surface area (Å²) in [5.41, 5.74) is 9.10. The Hall–Kier alpha value is -3.83. The number of H-pyrrole nitrogens is 1. The molecule has 0 bridgehead atoms. The Bertz CT molecular complexity index is 1600. The largest absolute Gasteiger partial charge is 0.395 e. The van der Waals surface area contributed by atoms with E-state index < -0.39 is 11.5 Å². The van der Waals surface area contributed by atoms with Crippen LogP contribution in [0.1, 0.15) is 37.3 Å². The van der Waals surface area contributed by atoms with Gasteiger partial charge in [-0.05, 0) is 74.1 Å². The fraction of sp³-hybridized carbons (Fsp3) is 0.323. The summed E-state index contributed by atoms with van der Waals surface area (Å²) >= 11 is 6.23. The number of aryl methyl sites for hydroxylation is 1. The number of nitrogens with zero attached hydrogens (tertiary/aromatic N) is 2. The van der Waals surface area contributed by atoms with Gasteiger partial charge >= 0.3 is 5.69 Å². The fourth-order valence-electron chi connectivity index (χ4n) is 4.70. The van der Waals surface area contributed by atoms with Gasteiger partial charge in [0.25, 0.3) is 0 Å². The zero-order valence-corrected chi connectivity index (χ0v) is 24.3. The van der Waals surface area contributed by atoms with Crippen molar-refractivity contribution in [3.63, 3.8) is 0 Å². The molecule has 0 fully saturated rings. The summed E-state index contributed by atoms with van der Waals surface area (Å²) in [6.07, 6.45) is 6.32. The molecule has 0 spiro atoms. The first-order valence-corrected chi connectivity index (χ1v) is 14.3. The van der Waals surface area contributed by atoms with Gasteiger partial charge in [0.1, 0.15) is 5.65 Å². The highest BCUT2D eigenvalue weighted by Gasteiger charge is 2.16. The molecule has 2 aromatic heterocycles. The lowest BCUT2D eigenvalue weighted by molar-refractivity contribution is 0.235. The Morgan fingerprint density at radius 2 is 2.02 bits per heavy atom. The highest BCUT2D eigenvalue weighted by molar-refractivity contribution is 6.31. The van der Waals surface area contributed by atoms with Gasteiger partial charge < -0.3 is 26.5 Å². The van der Waals surface area contributed by atoms with Crippen LogP contribution in [0.25, 0.3) is 28.0 Å². The molecule has 9 nitrogen and oxygen atoms in total. The molecule has 0 saturated carbocycles. The number of benzene rings is 2. The van der Waals surface area contributed by atoms with E-state index in [-0.39, 0.29) is 23.7 Å². The third-order valence-electron chi connectivity index (χ3n) is 7.10. The highest BCUT2D eigenvalue weighted by atomic mass is 35.5. The number of aromatic amines is 1. The molecule has 0 aliphatic rings. The maximum absolute atomic E-state index is 15.1. The first-order valence-electron chi connectivity index (χ1n) is 13.9. The van der Waals surface area contributed by atoms with Crippen LogP contribution in [0.5, 0.6) is 0 Å². The Balaban J connectivity index is 1.50. The molecule has 2 aromatic carbocycles. The monoisotopic (exact) mass is 593 g/mol. The number of aromatic nitrogens is 3. The van der Waals surface area contributed by atoms with Crippen molar-refractivity contribution in [2.75, 3.05) is 13.2 Å². The number of aliphatic hydroxyl groups excluding tert-OH is 1. The van der Waals surface area contributed by atoms with E-state index in [0.29, 0.717) is 59.7 Å². The lowest BCUT2D eigenvalue weighted by Gasteiger charge is -2.17. The van der Waals surface area contributed by atoms with Gasteiger partial charge in [0.15, 0.2) is 5.82 Å². The molecule has 222 valence electrons. The van der Waals surface area contributed by atoms with E-state index in [1.54, 1.807) is 37.4 Å². The van der Waals surface area contributed by atoms with Gasteiger partial charge in [0.2, 0.25) is 0 Å². The molecule has 0 amide bonds. The molecular formula is C31H37ClFN7O2. The van der Waals surface area contributed by atoms with Gasteiger partial charge in [-0.25, -0.2) is 9.18 Å². The Kier molecular flexibility index (Phi) is 10.6. The number of rotatable bonds is 14. The average molecular weight is 594 g/mol. The average Bonchev–Trinajstić information content (AvgIpc) is 3.38. The van der Waals surface area contributed by atoms with Crippen molar-refractivity contribution >= 4 is 28.5 Å². The van der Waals surface area contributed by atoms with Gasteiger partial charge in [-0.15, -0.1) is 6.58 Å². The van der Waals surface area contributed by atoms with Gasteiger partial charge in [-0.2, -0.15) is 4.98 Å². The van der Waals surface area contributed by atoms with Crippen LogP contribution in [-0.2, 0) is 13.0 Å². The minimum Gasteiger partial charge on any atom is -0.395 e. The highest BCUT2D eigenvalue weighted by Crippen LogP contribution is 2.31. The summed E-state index contributed by atoms with van der Waals surface area (Å²) in [5, 5.41) is 24.0. The Labute approximate surface area is 249 Å². The predicted octanol–water partition coefficient (Wildman–Crippen LogP) is 4.44. The van der Waals surface area contributed by atoms with Crippen LogP contribution < -0.4 is 22.1 Å². The molecule has 0 aliphatic carbocycles. The lowest BCUT2D eigenvalue weighted by Crippen LogP contribution is -2.35. The molecule has 4 aromatic rings. The Morgan fingerprint density at radius 1 is 1.26 bits per heavy atom. The molecule has 42 heavy (non-hydrogen) atoms. The smallest absolute Gasteiger partial charge is 0.354 e. The number of fused-ring (bicyclic) bond motifs is 1. The van der Waals surface area contributed by atoms with Crippen molar-refractivity contribution < 1.29 is 9.50 Å². The fourth-order valence-corrected chi connectivity index (χ4v) is 4.94. The third kappa shape index (κ3) is 7.92. The molecule has 2 heterocycles. The second-order valence-electron chi connectivity index (χ2n) is 10.4. The normalized spacial score (nSPS) is 12.8. The van der Waals surface area contributed by atoms with E-state index >= 15 is 4.39 Å². The van der Waals surface area contributed by atoms with Crippen LogP contribution in [0, 0.1) is 11.2 Å². The van der Waals surface area contributed by atoms with Crippen LogP contribution >= 0.6 is 11.6 Å². The van der Waals surface area contributed by atoms with Crippen molar-refractivity contribution in [1.29, 1.82) is 5.41 Å². The maximum Gasteiger partial charge on any atom is 0.354 e. The molecule has 0 aliphatic heterocycles. The van der Waals surface area contributed by atoms with Crippen LogP contribution in [0.3, 0.4) is 0 Å². The van der Waals surface area contributed by atoms with Crippen LogP contribution in [0.15, 0.2) is 66.1 Å². The standard InChI is InChI=1S/C31H37ClFN7O2/c1-3-23(35)6-4-5-21-13-26(29(33)27(32)14-21)28-15-22-17-40(31(42)39-30(22)38-28)25-9-7-20(8-10-25)16-37-24(18-41)11-12-36-19(2)34/h3,7-10,13-15,17,23-24,37,41H,1,4-6,11-12,16,18,35H2,2H3,(H2,34,36)(H,38,39,42)/t23-,24-/m1/s1. The summed E-state index contributed by atoms with van der Waals surface area (Å²) in [5.74, 6) is -0.151. The van der Waals surface area contributed by atoms with Crippen molar-refractivity contribution in [2.45, 2.75) is 51.2 Å². The van der Waals surface area contributed by atoms with Crippen molar-refractivity contribution in [1.82, 2.24) is 25.2 Å². The van der Waals surface area contributed by atoms with Crippen molar-refractivity contribution in [3.8, 4) is 16.9 Å². The summed E-state index contributed by atoms with van der Waals surface area (Å²) in [6, 6.07) is 12.4. The number of aliphatic hydroxyl groups is 1. The SMILES string of the molecule is C=C[C@@H](N)CCCc1cc(Cl)c(F)c(-c2cc3cn(-c4ccc(CN[C@@H](CO)CCNC(C)=N)cc4)c(=O)nc3[nH]2)c1. The van der Waals surface area contributed by atoms with Gasteiger partial charge in [-0.3, -0.25) is 9.98 Å². The van der Waals surface area contributed by atoms with Crippen LogP contribution in [0.4, 0.5) is 4.39 Å². The second-order valence-corrected chi connectivity index (χ2v) is 10.8. The first-order chi connectivity index (χ1) is 20.2. The molecule has 4 rings (SSSR count). The van der Waals surface area contributed by atoms with E-state index in [2.05, 4.69) is 27.2 Å². The quantitative estimate of drug-likeness (QED) is 0.0724. The van der Waals surface area contributed by atoms with Crippen LogP contribution in [-0.4, -0.2) is 50.7 Å². The molecule has 11 heteroatoms. The molecular weight excluding hydrogens is 557 g/mol. The summed E-state index contributed by atoms with van der Waals surface area (Å²) < 4.78 is 16.5. The topological polar surface area (TPSA) is 145 Å². The number of nitrogens with two attached hydrogens (primary N) is 1. The van der Waals surface area contributed by atoms with E-state index in [1.807, 2.05) is 24.3 Å². The predicted molar refractivity (Wildman–Crippen MR) is 167 cm³/mol. The minimum atomic E-state index is -0.543. The molecule has 2 atom stereocenters. The molecule has 0 saturated heterocycles.